The van der Waals surface area contributed by atoms with Gasteiger partial charge in [-0.15, -0.1) is 0 Å². The molecule has 6 atom stereocenters. The topological polar surface area (TPSA) is 182 Å². The molecule has 1 fully saturated rings. The van der Waals surface area contributed by atoms with Gasteiger partial charge in [-0.3, -0.25) is 23.7 Å². The molecule has 0 aliphatic carbocycles. The third kappa shape index (κ3) is 6.91. The van der Waals surface area contributed by atoms with Crippen molar-refractivity contribution in [3.8, 4) is 11.8 Å². The van der Waals surface area contributed by atoms with Gasteiger partial charge >= 0.3 is 19.4 Å². The molecule has 2 aromatic rings. The molecule has 0 radical (unpaired) electrons. The van der Waals surface area contributed by atoms with Crippen LogP contribution in [0.5, 0.6) is 5.75 Å². The number of rotatable bonds is 10. The Labute approximate surface area is 210 Å². The fourth-order valence-electron chi connectivity index (χ4n) is 3.42. The minimum absolute atomic E-state index is 0.138. The number of aromatic nitrogens is 2. The Balaban J connectivity index is 1.81. The summed E-state index contributed by atoms with van der Waals surface area (Å²) in [5.41, 5.74) is -2.33. The molecule has 200 valence electrons. The Hall–Kier alpha value is -3.34. The quantitative estimate of drug-likeness (QED) is 0.291. The molecule has 3 rings (SSSR count). The van der Waals surface area contributed by atoms with Crippen LogP contribution in [0.15, 0.2) is 46.1 Å². The number of aliphatic hydroxyl groups is 1. The highest BCUT2D eigenvalue weighted by atomic mass is 31.2. The summed E-state index contributed by atoms with van der Waals surface area (Å²) in [7, 11) is -4.32. The summed E-state index contributed by atoms with van der Waals surface area (Å²) in [6.07, 6.45) is -4.27. The summed E-state index contributed by atoms with van der Waals surface area (Å²) in [5.74, 6) is -3.27. The van der Waals surface area contributed by atoms with Crippen molar-refractivity contribution in [1.82, 2.24) is 14.6 Å². The molecule has 0 unspecified atom stereocenters. The lowest BCUT2D eigenvalue weighted by Crippen LogP contribution is -2.37. The van der Waals surface area contributed by atoms with Crippen LogP contribution < -0.4 is 20.9 Å². The number of H-pyrrole nitrogens is 1. The second-order valence-electron chi connectivity index (χ2n) is 8.39. The number of nitriles is 1. The van der Waals surface area contributed by atoms with Crippen LogP contribution >= 0.6 is 7.75 Å². The van der Waals surface area contributed by atoms with E-state index < -0.39 is 73.9 Å². The zero-order valence-electron chi connectivity index (χ0n) is 20.1. The lowest BCUT2D eigenvalue weighted by atomic mass is 10.0. The largest absolute Gasteiger partial charge is 0.462 e. The van der Waals surface area contributed by atoms with E-state index >= 15 is 0 Å². The number of nitrogens with one attached hydrogen (secondary N) is 2. The van der Waals surface area contributed by atoms with Crippen molar-refractivity contribution < 1.29 is 37.4 Å². The van der Waals surface area contributed by atoms with Crippen LogP contribution in [-0.2, 0) is 23.4 Å². The Bertz CT molecular complexity index is 1310. The first kappa shape index (κ1) is 28.2. The molecule has 0 amide bonds. The van der Waals surface area contributed by atoms with Gasteiger partial charge in [-0.25, -0.2) is 9.36 Å². The first-order valence-electron chi connectivity index (χ1n) is 11.2. The number of halogens is 1. The van der Waals surface area contributed by atoms with E-state index in [9.17, 15) is 33.7 Å². The number of aliphatic hydroxyl groups excluding tert-OH is 1. The van der Waals surface area contributed by atoms with E-state index in [4.69, 9.17) is 18.5 Å². The number of esters is 1. The van der Waals surface area contributed by atoms with E-state index in [0.29, 0.717) is 10.8 Å². The fourth-order valence-corrected chi connectivity index (χ4v) is 4.92. The van der Waals surface area contributed by atoms with Crippen molar-refractivity contribution in [2.45, 2.75) is 51.4 Å². The Morgan fingerprint density at radius 3 is 2.62 bits per heavy atom. The molecule has 15 heteroatoms. The zero-order valence-corrected chi connectivity index (χ0v) is 21.0. The van der Waals surface area contributed by atoms with E-state index in [1.807, 2.05) is 0 Å². The number of carbonyl (C=O) groups excluding carboxylic acids is 1. The Morgan fingerprint density at radius 2 is 2.00 bits per heavy atom. The highest BCUT2D eigenvalue weighted by Gasteiger charge is 2.47. The van der Waals surface area contributed by atoms with Gasteiger partial charge in [-0.2, -0.15) is 14.7 Å². The molecular weight excluding hydrogens is 514 g/mol. The van der Waals surface area contributed by atoms with Gasteiger partial charge in [0, 0.05) is 0 Å². The van der Waals surface area contributed by atoms with E-state index in [2.05, 4.69) is 5.09 Å². The van der Waals surface area contributed by atoms with E-state index in [1.54, 1.807) is 43.1 Å². The van der Waals surface area contributed by atoms with Crippen molar-refractivity contribution in [1.29, 1.82) is 5.26 Å². The molecular formula is C22H26FN4O9P. The summed E-state index contributed by atoms with van der Waals surface area (Å²) >= 11 is 0. The summed E-state index contributed by atoms with van der Waals surface area (Å²) in [6, 6.07) is 8.56. The highest BCUT2D eigenvalue weighted by Crippen LogP contribution is 2.46. The standard InChI is InChI=1S/C22H26FN4O9P/c1-12(2)34-21(30)13(3)26-37(32,36-14-7-5-4-6-8-14)33-11-17-18(28)15(9-24)20(35-17)27-10-16(23)19(29)25-22(27)31/h4-8,10,12-13,15,17-18,20,28H,11H2,1-3H3,(H,26,32)(H,25,29,31)/t13-,15-,17-,18+,20-,37-/m1/s1. The normalized spacial score (nSPS) is 23.7. The van der Waals surface area contributed by atoms with Gasteiger partial charge in [0.15, 0.2) is 6.23 Å². The molecule has 2 heterocycles. The molecule has 1 aromatic heterocycles. The second kappa shape index (κ2) is 11.8. The van der Waals surface area contributed by atoms with Crippen LogP contribution in [0.25, 0.3) is 0 Å². The van der Waals surface area contributed by atoms with Gasteiger partial charge in [0.05, 0.1) is 25.0 Å². The smallest absolute Gasteiger partial charge is 0.459 e. The van der Waals surface area contributed by atoms with Gasteiger partial charge in [0.1, 0.15) is 29.9 Å². The Kier molecular flexibility index (Phi) is 9.01. The fraction of sp³-hybridized carbons (Fsp3) is 0.455. The monoisotopic (exact) mass is 540 g/mol. The summed E-state index contributed by atoms with van der Waals surface area (Å²) in [5, 5.41) is 22.6. The number of aromatic amines is 1. The van der Waals surface area contributed by atoms with Crippen molar-refractivity contribution in [2.75, 3.05) is 6.61 Å². The van der Waals surface area contributed by atoms with Crippen LogP contribution in [0.1, 0.15) is 27.0 Å². The van der Waals surface area contributed by atoms with Crippen LogP contribution in [0.4, 0.5) is 4.39 Å². The molecule has 1 aliphatic rings. The molecule has 1 saturated heterocycles. The number of hydrogen-bond acceptors (Lipinski definition) is 10. The number of nitrogens with zero attached hydrogens (tertiary/aromatic N) is 2. The molecule has 0 saturated carbocycles. The summed E-state index contributed by atoms with van der Waals surface area (Å²) in [4.78, 5) is 37.5. The minimum atomic E-state index is -4.32. The van der Waals surface area contributed by atoms with E-state index in [0.717, 1.165) is 0 Å². The minimum Gasteiger partial charge on any atom is -0.462 e. The maximum Gasteiger partial charge on any atom is 0.459 e. The summed E-state index contributed by atoms with van der Waals surface area (Å²) in [6.45, 7) is 4.04. The second-order valence-corrected chi connectivity index (χ2v) is 10.1. The SMILES string of the molecule is CC(C)OC(=O)[C@@H](C)N[P@@](=O)(OC[C@H]1O[C@@H](n2cc(F)c(=O)[nH]c2=O)[C@H](C#N)[C@@H]1O)Oc1ccccc1. The maximum atomic E-state index is 13.8. The lowest BCUT2D eigenvalue weighted by molar-refractivity contribution is -0.149. The Morgan fingerprint density at radius 1 is 1.32 bits per heavy atom. The predicted octanol–water partition coefficient (Wildman–Crippen LogP) is 1.21. The van der Waals surface area contributed by atoms with Crippen molar-refractivity contribution >= 4 is 13.7 Å². The number of hydrogen-bond donors (Lipinski definition) is 3. The number of ether oxygens (including phenoxy) is 2. The highest BCUT2D eigenvalue weighted by molar-refractivity contribution is 7.52. The average Bonchev–Trinajstić information content (AvgIpc) is 3.15. The zero-order chi connectivity index (χ0) is 27.3. The van der Waals surface area contributed by atoms with Gasteiger partial charge < -0.3 is 19.1 Å². The van der Waals surface area contributed by atoms with Gasteiger partial charge in [0.25, 0.3) is 5.56 Å². The van der Waals surface area contributed by atoms with Crippen molar-refractivity contribution in [2.24, 2.45) is 5.92 Å². The molecule has 1 aliphatic heterocycles. The third-order valence-corrected chi connectivity index (χ3v) is 6.80. The first-order chi connectivity index (χ1) is 17.4. The molecule has 37 heavy (non-hydrogen) atoms. The molecule has 1 aromatic carbocycles. The molecule has 0 spiro atoms. The lowest BCUT2D eigenvalue weighted by Gasteiger charge is -2.25. The van der Waals surface area contributed by atoms with Crippen LogP contribution in [0.2, 0.25) is 0 Å². The number of carbonyl (C=O) groups is 1. The van der Waals surface area contributed by atoms with E-state index in [1.165, 1.54) is 19.1 Å². The number of benzene rings is 1. The molecule has 13 nitrogen and oxygen atoms in total. The van der Waals surface area contributed by atoms with Gasteiger partial charge in [-0.05, 0) is 32.9 Å². The van der Waals surface area contributed by atoms with Crippen LogP contribution in [0, 0.1) is 23.1 Å². The average molecular weight is 540 g/mol. The first-order valence-corrected chi connectivity index (χ1v) is 12.7. The molecule has 3 N–H and O–H groups in total. The molecule has 0 bridgehead atoms. The van der Waals surface area contributed by atoms with Crippen molar-refractivity contribution in [3.05, 3.63) is 63.2 Å². The van der Waals surface area contributed by atoms with Crippen molar-refractivity contribution in [3.63, 3.8) is 0 Å². The number of para-hydroxylation sites is 1. The third-order valence-electron chi connectivity index (χ3n) is 5.15. The van der Waals surface area contributed by atoms with Crippen LogP contribution in [0.3, 0.4) is 0 Å². The van der Waals surface area contributed by atoms with Gasteiger partial charge in [-0.1, -0.05) is 18.2 Å². The van der Waals surface area contributed by atoms with Gasteiger partial charge in [0.2, 0.25) is 5.82 Å². The maximum absolute atomic E-state index is 13.8. The van der Waals surface area contributed by atoms with Crippen LogP contribution in [-0.4, -0.2) is 51.6 Å². The van der Waals surface area contributed by atoms with E-state index in [-0.39, 0.29) is 5.75 Å². The predicted molar refractivity (Wildman–Crippen MR) is 125 cm³/mol. The summed E-state index contributed by atoms with van der Waals surface area (Å²) < 4.78 is 49.6.